The number of nitrogens with zero attached hydrogens (tertiary/aromatic N) is 2. The van der Waals surface area contributed by atoms with Crippen LogP contribution in [0.5, 0.6) is 0 Å². The number of aromatic nitrogens is 1. The fraction of sp³-hybridized carbons (Fsp3) is 0.615. The van der Waals surface area contributed by atoms with Gasteiger partial charge in [0.25, 0.3) is 5.69 Å². The highest BCUT2D eigenvalue weighted by Gasteiger charge is 2.24. The Kier molecular flexibility index (Phi) is 5.14. The SMILES string of the molecule is O=[N+]([O-])c1cnc(NCC2CCCCC2CO)c(Cl)c1. The number of rotatable bonds is 5. The molecule has 0 spiro atoms. The minimum Gasteiger partial charge on any atom is -0.396 e. The van der Waals surface area contributed by atoms with E-state index in [1.807, 2.05) is 0 Å². The average Bonchev–Trinajstić information content (AvgIpc) is 2.46. The normalized spacial score (nSPS) is 22.5. The predicted octanol–water partition coefficient (Wildman–Crippen LogP) is 2.85. The van der Waals surface area contributed by atoms with E-state index < -0.39 is 4.92 Å². The van der Waals surface area contributed by atoms with Crippen LogP contribution >= 0.6 is 11.6 Å². The molecule has 1 aliphatic rings. The van der Waals surface area contributed by atoms with Gasteiger partial charge in [-0.15, -0.1) is 0 Å². The molecule has 6 nitrogen and oxygen atoms in total. The predicted molar refractivity (Wildman–Crippen MR) is 76.9 cm³/mol. The molecule has 1 fully saturated rings. The summed E-state index contributed by atoms with van der Waals surface area (Å²) in [5.41, 5.74) is -0.119. The highest BCUT2D eigenvalue weighted by molar-refractivity contribution is 6.33. The first-order chi connectivity index (χ1) is 9.61. The number of nitrogens with one attached hydrogen (secondary N) is 1. The van der Waals surface area contributed by atoms with E-state index in [0.717, 1.165) is 19.3 Å². The van der Waals surface area contributed by atoms with Gasteiger partial charge in [-0.2, -0.15) is 0 Å². The summed E-state index contributed by atoms with van der Waals surface area (Å²) in [6, 6.07) is 1.29. The lowest BCUT2D eigenvalue weighted by Crippen LogP contribution is -2.28. The van der Waals surface area contributed by atoms with Gasteiger partial charge in [-0.25, -0.2) is 4.98 Å². The van der Waals surface area contributed by atoms with Gasteiger partial charge in [0.1, 0.15) is 12.0 Å². The van der Waals surface area contributed by atoms with Crippen LogP contribution in [0.2, 0.25) is 5.02 Å². The molecule has 2 atom stereocenters. The molecule has 2 N–H and O–H groups in total. The second-order valence-corrected chi connectivity index (χ2v) is 5.56. The second kappa shape index (κ2) is 6.85. The Balaban J connectivity index is 1.98. The van der Waals surface area contributed by atoms with Crippen molar-refractivity contribution < 1.29 is 10.0 Å². The van der Waals surface area contributed by atoms with Crippen molar-refractivity contribution in [2.24, 2.45) is 11.8 Å². The van der Waals surface area contributed by atoms with E-state index in [-0.39, 0.29) is 17.3 Å². The van der Waals surface area contributed by atoms with Gasteiger partial charge in [0.05, 0.1) is 9.95 Å². The van der Waals surface area contributed by atoms with E-state index in [4.69, 9.17) is 11.6 Å². The molecule has 0 amide bonds. The largest absolute Gasteiger partial charge is 0.396 e. The van der Waals surface area contributed by atoms with E-state index >= 15 is 0 Å². The highest BCUT2D eigenvalue weighted by atomic mass is 35.5. The van der Waals surface area contributed by atoms with Crippen LogP contribution < -0.4 is 5.32 Å². The van der Waals surface area contributed by atoms with E-state index in [9.17, 15) is 15.2 Å². The van der Waals surface area contributed by atoms with Gasteiger partial charge in [0.2, 0.25) is 0 Å². The van der Waals surface area contributed by atoms with Crippen LogP contribution in [0.1, 0.15) is 25.7 Å². The summed E-state index contributed by atoms with van der Waals surface area (Å²) in [6.45, 7) is 0.878. The van der Waals surface area contributed by atoms with Crippen LogP contribution in [0.3, 0.4) is 0 Å². The lowest BCUT2D eigenvalue weighted by molar-refractivity contribution is -0.385. The molecule has 1 heterocycles. The number of aliphatic hydroxyl groups excluding tert-OH is 1. The van der Waals surface area contributed by atoms with Crippen molar-refractivity contribution >= 4 is 23.1 Å². The maximum atomic E-state index is 10.6. The molecule has 1 aliphatic carbocycles. The summed E-state index contributed by atoms with van der Waals surface area (Å²) in [7, 11) is 0. The third-order valence-corrected chi connectivity index (χ3v) is 4.16. The monoisotopic (exact) mass is 299 g/mol. The Morgan fingerprint density at radius 2 is 2.15 bits per heavy atom. The first-order valence-corrected chi connectivity index (χ1v) is 7.14. The number of anilines is 1. The lowest BCUT2D eigenvalue weighted by Gasteiger charge is -2.30. The number of nitro groups is 1. The number of hydrogen-bond acceptors (Lipinski definition) is 5. The van der Waals surface area contributed by atoms with Gasteiger partial charge < -0.3 is 10.4 Å². The Labute approximate surface area is 122 Å². The fourth-order valence-corrected chi connectivity index (χ4v) is 2.91. The number of pyridine rings is 1. The van der Waals surface area contributed by atoms with Crippen molar-refractivity contribution in [2.75, 3.05) is 18.5 Å². The van der Waals surface area contributed by atoms with Gasteiger partial charge in [-0.05, 0) is 24.7 Å². The van der Waals surface area contributed by atoms with E-state index in [1.54, 1.807) is 0 Å². The molecule has 1 aromatic rings. The van der Waals surface area contributed by atoms with Crippen molar-refractivity contribution in [1.82, 2.24) is 4.98 Å². The van der Waals surface area contributed by atoms with E-state index in [1.165, 1.54) is 18.7 Å². The van der Waals surface area contributed by atoms with Crippen molar-refractivity contribution in [1.29, 1.82) is 0 Å². The summed E-state index contributed by atoms with van der Waals surface area (Å²) in [6.07, 6.45) is 5.65. The summed E-state index contributed by atoms with van der Waals surface area (Å²) >= 11 is 5.98. The van der Waals surface area contributed by atoms with Gasteiger partial charge in [-0.3, -0.25) is 10.1 Å². The standard InChI is InChI=1S/C13H18ClN3O3/c14-12-5-11(17(19)20)7-16-13(12)15-6-9-3-1-2-4-10(9)8-18/h5,7,9-10,18H,1-4,6,8H2,(H,15,16). The van der Waals surface area contributed by atoms with Crippen LogP contribution in [0.25, 0.3) is 0 Å². The topological polar surface area (TPSA) is 88.3 Å². The van der Waals surface area contributed by atoms with Crippen molar-refractivity contribution in [3.63, 3.8) is 0 Å². The second-order valence-electron chi connectivity index (χ2n) is 5.15. The Morgan fingerprint density at radius 1 is 1.45 bits per heavy atom. The Hall–Kier alpha value is -1.40. The molecule has 20 heavy (non-hydrogen) atoms. The molecule has 0 aliphatic heterocycles. The van der Waals surface area contributed by atoms with Crippen molar-refractivity contribution in [2.45, 2.75) is 25.7 Å². The van der Waals surface area contributed by atoms with Crippen LogP contribution in [0, 0.1) is 22.0 Å². The lowest BCUT2D eigenvalue weighted by atomic mass is 9.79. The van der Waals surface area contributed by atoms with Gasteiger partial charge >= 0.3 is 0 Å². The molecule has 0 aromatic carbocycles. The Morgan fingerprint density at radius 3 is 2.75 bits per heavy atom. The number of halogens is 1. The zero-order chi connectivity index (χ0) is 14.5. The molecule has 7 heteroatoms. The van der Waals surface area contributed by atoms with Crippen LogP contribution in [0.15, 0.2) is 12.3 Å². The van der Waals surface area contributed by atoms with Crippen molar-refractivity contribution in [3.8, 4) is 0 Å². The Bertz CT molecular complexity index is 484. The zero-order valence-electron chi connectivity index (χ0n) is 11.1. The van der Waals surface area contributed by atoms with E-state index in [2.05, 4.69) is 10.3 Å². The molecule has 110 valence electrons. The third-order valence-electron chi connectivity index (χ3n) is 3.87. The summed E-state index contributed by atoms with van der Waals surface area (Å²) in [5.74, 6) is 1.16. The molecule has 1 aromatic heterocycles. The molecule has 0 bridgehead atoms. The molecule has 2 rings (SSSR count). The molecule has 2 unspecified atom stereocenters. The number of aliphatic hydroxyl groups is 1. The highest BCUT2D eigenvalue weighted by Crippen LogP contribution is 2.31. The summed E-state index contributed by atoms with van der Waals surface area (Å²) < 4.78 is 0. The molecule has 0 radical (unpaired) electrons. The quantitative estimate of drug-likeness (QED) is 0.644. The smallest absolute Gasteiger partial charge is 0.289 e. The molecular weight excluding hydrogens is 282 g/mol. The third kappa shape index (κ3) is 3.58. The zero-order valence-corrected chi connectivity index (χ0v) is 11.8. The van der Waals surface area contributed by atoms with E-state index in [0.29, 0.717) is 24.2 Å². The van der Waals surface area contributed by atoms with Crippen LogP contribution in [-0.2, 0) is 0 Å². The minimum absolute atomic E-state index is 0.119. The van der Waals surface area contributed by atoms with Gasteiger partial charge in [-0.1, -0.05) is 24.4 Å². The summed E-state index contributed by atoms with van der Waals surface area (Å²) in [5, 5.41) is 23.4. The number of hydrogen-bond donors (Lipinski definition) is 2. The van der Waals surface area contributed by atoms with Crippen LogP contribution in [-0.4, -0.2) is 28.2 Å². The first-order valence-electron chi connectivity index (χ1n) is 6.76. The van der Waals surface area contributed by atoms with Gasteiger partial charge in [0.15, 0.2) is 0 Å². The average molecular weight is 300 g/mol. The fourth-order valence-electron chi connectivity index (χ4n) is 2.68. The first kappa shape index (κ1) is 15.0. The molecule has 0 saturated heterocycles. The molecule has 1 saturated carbocycles. The maximum Gasteiger partial charge on any atom is 0.289 e. The maximum absolute atomic E-state index is 10.6. The van der Waals surface area contributed by atoms with Gasteiger partial charge in [0, 0.05) is 19.2 Å². The van der Waals surface area contributed by atoms with Crippen molar-refractivity contribution in [3.05, 3.63) is 27.4 Å². The minimum atomic E-state index is -0.522. The summed E-state index contributed by atoms with van der Waals surface area (Å²) in [4.78, 5) is 14.1. The molecular formula is C13H18ClN3O3. The van der Waals surface area contributed by atoms with Crippen LogP contribution in [0.4, 0.5) is 11.5 Å².